The van der Waals surface area contributed by atoms with E-state index in [4.69, 9.17) is 4.74 Å². The van der Waals surface area contributed by atoms with Gasteiger partial charge in [-0.3, -0.25) is 0 Å². The van der Waals surface area contributed by atoms with Gasteiger partial charge in [-0.2, -0.15) is 0 Å². The number of thiazole rings is 1. The minimum atomic E-state index is -0.220. The molecule has 3 nitrogen and oxygen atoms in total. The lowest BCUT2D eigenvalue weighted by molar-refractivity contribution is 0.181. The molecule has 0 saturated carbocycles. The molecule has 1 aromatic heterocycles. The summed E-state index contributed by atoms with van der Waals surface area (Å²) in [6.07, 6.45) is 0. The SMILES string of the molecule is CCSc1cccc(F)c1-c1nc(COC)c(CNC)s1. The van der Waals surface area contributed by atoms with Crippen molar-refractivity contribution in [1.29, 1.82) is 0 Å². The zero-order chi connectivity index (χ0) is 15.2. The lowest BCUT2D eigenvalue weighted by atomic mass is 10.2. The van der Waals surface area contributed by atoms with E-state index in [1.54, 1.807) is 24.9 Å². The number of thioether (sulfide) groups is 1. The van der Waals surface area contributed by atoms with Gasteiger partial charge in [0, 0.05) is 23.4 Å². The Hall–Kier alpha value is -0.950. The predicted octanol–water partition coefficient (Wildman–Crippen LogP) is 3.93. The molecule has 0 aliphatic carbocycles. The second-order valence-electron chi connectivity index (χ2n) is 4.40. The highest BCUT2D eigenvalue weighted by atomic mass is 32.2. The summed E-state index contributed by atoms with van der Waals surface area (Å²) in [4.78, 5) is 6.62. The Balaban J connectivity index is 2.48. The number of aromatic nitrogens is 1. The van der Waals surface area contributed by atoms with E-state index in [1.807, 2.05) is 13.1 Å². The third-order valence-electron chi connectivity index (χ3n) is 2.89. The van der Waals surface area contributed by atoms with Gasteiger partial charge in [-0.25, -0.2) is 9.37 Å². The van der Waals surface area contributed by atoms with Crippen LogP contribution in [-0.4, -0.2) is 24.9 Å². The smallest absolute Gasteiger partial charge is 0.134 e. The number of methoxy groups -OCH3 is 1. The minimum Gasteiger partial charge on any atom is -0.378 e. The van der Waals surface area contributed by atoms with Crippen LogP contribution in [0.3, 0.4) is 0 Å². The van der Waals surface area contributed by atoms with Crippen molar-refractivity contribution < 1.29 is 9.13 Å². The summed E-state index contributed by atoms with van der Waals surface area (Å²) in [6.45, 7) is 3.21. The second kappa shape index (κ2) is 7.89. The molecule has 0 bridgehead atoms. The maximum absolute atomic E-state index is 14.3. The summed E-state index contributed by atoms with van der Waals surface area (Å²) >= 11 is 3.16. The molecule has 0 saturated heterocycles. The maximum Gasteiger partial charge on any atom is 0.134 e. The number of benzene rings is 1. The zero-order valence-corrected chi connectivity index (χ0v) is 14.0. The first-order valence-corrected chi connectivity index (χ1v) is 8.55. The summed E-state index contributed by atoms with van der Waals surface area (Å²) in [6, 6.07) is 5.18. The first kappa shape index (κ1) is 16.4. The van der Waals surface area contributed by atoms with Crippen LogP contribution in [0, 0.1) is 5.82 Å². The fourth-order valence-electron chi connectivity index (χ4n) is 2.03. The van der Waals surface area contributed by atoms with Gasteiger partial charge >= 0.3 is 0 Å². The quantitative estimate of drug-likeness (QED) is 0.782. The molecule has 6 heteroatoms. The Kier molecular flexibility index (Phi) is 6.17. The summed E-state index contributed by atoms with van der Waals surface area (Å²) < 4.78 is 19.5. The molecule has 1 heterocycles. The highest BCUT2D eigenvalue weighted by molar-refractivity contribution is 7.99. The lowest BCUT2D eigenvalue weighted by Crippen LogP contribution is -2.06. The molecule has 1 N–H and O–H groups in total. The molecule has 0 aliphatic rings. The molecule has 0 atom stereocenters. The molecule has 21 heavy (non-hydrogen) atoms. The third-order valence-corrected chi connectivity index (χ3v) is 4.94. The van der Waals surface area contributed by atoms with Crippen molar-refractivity contribution in [3.63, 3.8) is 0 Å². The fraction of sp³-hybridized carbons (Fsp3) is 0.400. The van der Waals surface area contributed by atoms with Gasteiger partial charge in [0.15, 0.2) is 0 Å². The first-order valence-electron chi connectivity index (χ1n) is 6.75. The molecule has 0 radical (unpaired) electrons. The summed E-state index contributed by atoms with van der Waals surface area (Å²) in [5, 5.41) is 3.84. The number of rotatable bonds is 7. The van der Waals surface area contributed by atoms with E-state index in [0.29, 0.717) is 18.7 Å². The molecular formula is C15H19FN2OS2. The van der Waals surface area contributed by atoms with Gasteiger partial charge in [0.05, 0.1) is 17.9 Å². The van der Waals surface area contributed by atoms with E-state index < -0.39 is 0 Å². The Morgan fingerprint density at radius 3 is 2.90 bits per heavy atom. The van der Waals surface area contributed by atoms with Crippen molar-refractivity contribution in [3.8, 4) is 10.6 Å². The van der Waals surface area contributed by atoms with E-state index in [-0.39, 0.29) is 5.82 Å². The average molecular weight is 326 g/mol. The number of ether oxygens (including phenoxy) is 1. The first-order chi connectivity index (χ1) is 10.2. The largest absolute Gasteiger partial charge is 0.378 e. The van der Waals surface area contributed by atoms with Crippen LogP contribution < -0.4 is 5.32 Å². The highest BCUT2D eigenvalue weighted by Gasteiger charge is 2.18. The van der Waals surface area contributed by atoms with Crippen LogP contribution in [0.15, 0.2) is 23.1 Å². The molecule has 0 fully saturated rings. The van der Waals surface area contributed by atoms with Crippen molar-refractivity contribution in [1.82, 2.24) is 10.3 Å². The van der Waals surface area contributed by atoms with Gasteiger partial charge in [-0.15, -0.1) is 23.1 Å². The van der Waals surface area contributed by atoms with E-state index in [1.165, 1.54) is 17.4 Å². The van der Waals surface area contributed by atoms with E-state index in [9.17, 15) is 4.39 Å². The highest BCUT2D eigenvalue weighted by Crippen LogP contribution is 2.37. The molecular weight excluding hydrogens is 307 g/mol. The van der Waals surface area contributed by atoms with Gasteiger partial charge in [0.2, 0.25) is 0 Å². The van der Waals surface area contributed by atoms with Gasteiger partial charge < -0.3 is 10.1 Å². The van der Waals surface area contributed by atoms with Crippen LogP contribution in [0.4, 0.5) is 4.39 Å². The molecule has 114 valence electrons. The zero-order valence-electron chi connectivity index (χ0n) is 12.4. The average Bonchev–Trinajstić information content (AvgIpc) is 2.83. The van der Waals surface area contributed by atoms with Gasteiger partial charge in [-0.1, -0.05) is 13.0 Å². The third kappa shape index (κ3) is 3.83. The monoisotopic (exact) mass is 326 g/mol. The van der Waals surface area contributed by atoms with Crippen LogP contribution in [0.1, 0.15) is 17.5 Å². The number of hydrogen-bond donors (Lipinski definition) is 1. The molecule has 1 aromatic carbocycles. The van der Waals surface area contributed by atoms with Crippen LogP contribution >= 0.6 is 23.1 Å². The molecule has 0 amide bonds. The van der Waals surface area contributed by atoms with Crippen molar-refractivity contribution in [2.24, 2.45) is 0 Å². The summed E-state index contributed by atoms with van der Waals surface area (Å²) in [7, 11) is 3.53. The minimum absolute atomic E-state index is 0.220. The number of halogens is 1. The van der Waals surface area contributed by atoms with E-state index >= 15 is 0 Å². The Bertz CT molecular complexity index is 578. The molecule has 0 aliphatic heterocycles. The molecule has 0 unspecified atom stereocenters. The Morgan fingerprint density at radius 2 is 2.24 bits per heavy atom. The topological polar surface area (TPSA) is 34.1 Å². The molecule has 0 spiro atoms. The van der Waals surface area contributed by atoms with Gasteiger partial charge in [-0.05, 0) is 24.9 Å². The number of nitrogens with one attached hydrogen (secondary N) is 1. The van der Waals surface area contributed by atoms with E-state index in [2.05, 4.69) is 17.2 Å². The van der Waals surface area contributed by atoms with Crippen molar-refractivity contribution >= 4 is 23.1 Å². The fourth-order valence-corrected chi connectivity index (χ4v) is 4.05. The van der Waals surface area contributed by atoms with Crippen LogP contribution in [0.25, 0.3) is 10.6 Å². The Morgan fingerprint density at radius 1 is 1.43 bits per heavy atom. The van der Waals surface area contributed by atoms with Crippen LogP contribution in [0.5, 0.6) is 0 Å². The Labute approximate surface area is 132 Å². The molecule has 2 aromatic rings. The van der Waals surface area contributed by atoms with Crippen molar-refractivity contribution in [2.45, 2.75) is 25.0 Å². The number of hydrogen-bond acceptors (Lipinski definition) is 5. The van der Waals surface area contributed by atoms with Gasteiger partial charge in [0.25, 0.3) is 0 Å². The normalized spacial score (nSPS) is 11.0. The van der Waals surface area contributed by atoms with Crippen molar-refractivity contribution in [2.75, 3.05) is 19.9 Å². The van der Waals surface area contributed by atoms with E-state index in [0.717, 1.165) is 26.2 Å². The number of nitrogens with zero attached hydrogens (tertiary/aromatic N) is 1. The summed E-state index contributed by atoms with van der Waals surface area (Å²) in [5.74, 6) is 0.679. The van der Waals surface area contributed by atoms with Crippen molar-refractivity contribution in [3.05, 3.63) is 34.6 Å². The van der Waals surface area contributed by atoms with Crippen LogP contribution in [0.2, 0.25) is 0 Å². The van der Waals surface area contributed by atoms with Gasteiger partial charge in [0.1, 0.15) is 10.8 Å². The maximum atomic E-state index is 14.3. The predicted molar refractivity (Wildman–Crippen MR) is 87.4 cm³/mol. The second-order valence-corrected chi connectivity index (χ2v) is 6.79. The molecule has 2 rings (SSSR count). The lowest BCUT2D eigenvalue weighted by Gasteiger charge is -2.06. The van der Waals surface area contributed by atoms with Crippen LogP contribution in [-0.2, 0) is 17.9 Å². The summed E-state index contributed by atoms with van der Waals surface area (Å²) in [5.41, 5.74) is 1.48. The standard InChI is InChI=1S/C15H19FN2OS2/c1-4-20-12-7-5-6-10(16)14(12)15-18-11(9-19-3)13(21-15)8-17-2/h5-7,17H,4,8-9H2,1-3H3.